The lowest BCUT2D eigenvalue weighted by Crippen LogP contribution is -2.47. The quantitative estimate of drug-likeness (QED) is 0.509. The zero-order valence-electron chi connectivity index (χ0n) is 12.2. The van der Waals surface area contributed by atoms with E-state index in [1.54, 1.807) is 12.1 Å². The molecule has 0 saturated heterocycles. The van der Waals surface area contributed by atoms with Crippen LogP contribution in [0.15, 0.2) is 30.4 Å². The Kier molecular flexibility index (Phi) is 3.24. The maximum atomic E-state index is 11.0. The van der Waals surface area contributed by atoms with Crippen molar-refractivity contribution in [1.82, 2.24) is 0 Å². The van der Waals surface area contributed by atoms with E-state index in [1.165, 1.54) is 6.07 Å². The molecule has 112 valence electrons. The van der Waals surface area contributed by atoms with Crippen LogP contribution in [-0.2, 0) is 0 Å². The van der Waals surface area contributed by atoms with Crippen LogP contribution < -0.4 is 5.32 Å². The Morgan fingerprint density at radius 3 is 2.90 bits per heavy atom. The molecule has 1 aliphatic heterocycles. The van der Waals surface area contributed by atoms with Crippen molar-refractivity contribution in [2.75, 3.05) is 11.9 Å². The van der Waals surface area contributed by atoms with Gasteiger partial charge in [0.05, 0.1) is 11.5 Å². The van der Waals surface area contributed by atoms with Gasteiger partial charge in [-0.1, -0.05) is 26.0 Å². The van der Waals surface area contributed by atoms with Crippen LogP contribution in [0, 0.1) is 21.4 Å². The summed E-state index contributed by atoms with van der Waals surface area (Å²) in [6.07, 6.45) is 5.23. The van der Waals surface area contributed by atoms with Crippen molar-refractivity contribution < 1.29 is 10.0 Å². The second-order valence-electron chi connectivity index (χ2n) is 6.65. The minimum atomic E-state index is -0.350. The van der Waals surface area contributed by atoms with Crippen molar-refractivity contribution in [3.8, 4) is 0 Å². The molecule has 0 radical (unpaired) electrons. The number of nitro groups is 1. The summed E-state index contributed by atoms with van der Waals surface area (Å²) in [5.74, 6) is 0.527. The molecule has 0 unspecified atom stereocenters. The van der Waals surface area contributed by atoms with E-state index in [0.717, 1.165) is 17.7 Å². The van der Waals surface area contributed by atoms with Gasteiger partial charge in [-0.15, -0.1) is 0 Å². The molecule has 0 spiro atoms. The minimum absolute atomic E-state index is 0.107. The number of anilines is 1. The molecule has 0 aromatic heterocycles. The third-order valence-electron chi connectivity index (χ3n) is 4.81. The average molecular weight is 288 g/mol. The van der Waals surface area contributed by atoms with E-state index in [2.05, 4.69) is 31.3 Å². The molecule has 0 amide bonds. The van der Waals surface area contributed by atoms with Crippen molar-refractivity contribution in [2.45, 2.75) is 32.2 Å². The Balaban J connectivity index is 2.05. The van der Waals surface area contributed by atoms with Gasteiger partial charge in [-0.2, -0.15) is 0 Å². The van der Waals surface area contributed by atoms with E-state index in [4.69, 9.17) is 0 Å². The minimum Gasteiger partial charge on any atom is -0.396 e. The molecule has 21 heavy (non-hydrogen) atoms. The normalized spacial score (nSPS) is 26.9. The van der Waals surface area contributed by atoms with E-state index in [0.29, 0.717) is 5.92 Å². The SMILES string of the molecule is CC(C)(CO)[C@H]1Nc2ccc([N+](=O)[O-])cc2[C@H]2C=CC[C@H]21. The van der Waals surface area contributed by atoms with Crippen molar-refractivity contribution in [2.24, 2.45) is 11.3 Å². The number of fused-ring (bicyclic) bond motifs is 3. The summed E-state index contributed by atoms with van der Waals surface area (Å²) in [7, 11) is 0. The lowest BCUT2D eigenvalue weighted by atomic mass is 9.69. The molecule has 1 aromatic rings. The number of nitrogens with one attached hydrogen (secondary N) is 1. The molecule has 5 heteroatoms. The maximum absolute atomic E-state index is 11.0. The van der Waals surface area contributed by atoms with Crippen LogP contribution >= 0.6 is 0 Å². The monoisotopic (exact) mass is 288 g/mol. The van der Waals surface area contributed by atoms with E-state index < -0.39 is 0 Å². The molecule has 1 aromatic carbocycles. The van der Waals surface area contributed by atoms with Crippen LogP contribution in [0.2, 0.25) is 0 Å². The van der Waals surface area contributed by atoms with Gasteiger partial charge in [0.2, 0.25) is 0 Å². The summed E-state index contributed by atoms with van der Waals surface area (Å²) in [6.45, 7) is 4.21. The molecule has 5 nitrogen and oxygen atoms in total. The van der Waals surface area contributed by atoms with Crippen LogP contribution in [0.1, 0.15) is 31.7 Å². The van der Waals surface area contributed by atoms with E-state index >= 15 is 0 Å². The number of hydrogen-bond donors (Lipinski definition) is 2. The van der Waals surface area contributed by atoms with Crippen molar-refractivity contribution >= 4 is 11.4 Å². The summed E-state index contributed by atoms with van der Waals surface area (Å²) < 4.78 is 0. The fourth-order valence-electron chi connectivity index (χ4n) is 3.57. The molecule has 1 heterocycles. The topological polar surface area (TPSA) is 75.4 Å². The van der Waals surface area contributed by atoms with Crippen LogP contribution in [0.25, 0.3) is 0 Å². The predicted molar refractivity (Wildman–Crippen MR) is 81.4 cm³/mol. The highest BCUT2D eigenvalue weighted by molar-refractivity contribution is 5.62. The number of allylic oxidation sites excluding steroid dienone is 2. The fraction of sp³-hybridized carbons (Fsp3) is 0.500. The number of nitrogens with zero attached hydrogens (tertiary/aromatic N) is 1. The summed E-state index contributed by atoms with van der Waals surface area (Å²) in [6, 6.07) is 5.15. The van der Waals surface area contributed by atoms with Crippen molar-refractivity contribution in [3.63, 3.8) is 0 Å². The average Bonchev–Trinajstić information content (AvgIpc) is 2.95. The number of non-ortho nitro benzene ring substituents is 1. The lowest BCUT2D eigenvalue weighted by Gasteiger charge is -2.44. The third-order valence-corrected chi connectivity index (χ3v) is 4.81. The largest absolute Gasteiger partial charge is 0.396 e. The Morgan fingerprint density at radius 1 is 1.48 bits per heavy atom. The first-order valence-corrected chi connectivity index (χ1v) is 7.26. The van der Waals surface area contributed by atoms with Gasteiger partial charge in [0.1, 0.15) is 0 Å². The molecular weight excluding hydrogens is 268 g/mol. The van der Waals surface area contributed by atoms with E-state index in [9.17, 15) is 15.2 Å². The summed E-state index contributed by atoms with van der Waals surface area (Å²) in [5, 5.41) is 24.2. The molecule has 2 aliphatic rings. The molecule has 2 N–H and O–H groups in total. The number of aliphatic hydroxyl groups is 1. The van der Waals surface area contributed by atoms with Gasteiger partial charge in [-0.05, 0) is 24.0 Å². The first-order chi connectivity index (χ1) is 9.94. The second-order valence-corrected chi connectivity index (χ2v) is 6.65. The molecule has 0 fully saturated rings. The second kappa shape index (κ2) is 4.84. The van der Waals surface area contributed by atoms with Gasteiger partial charge in [0.15, 0.2) is 0 Å². The van der Waals surface area contributed by atoms with Crippen LogP contribution in [0.3, 0.4) is 0 Å². The molecule has 3 atom stereocenters. The number of benzene rings is 1. The van der Waals surface area contributed by atoms with Crippen LogP contribution in [0.4, 0.5) is 11.4 Å². The van der Waals surface area contributed by atoms with Crippen LogP contribution in [-0.4, -0.2) is 22.7 Å². The van der Waals surface area contributed by atoms with Crippen molar-refractivity contribution in [3.05, 3.63) is 46.0 Å². The smallest absolute Gasteiger partial charge is 0.269 e. The van der Waals surface area contributed by atoms with Gasteiger partial charge < -0.3 is 10.4 Å². The molecular formula is C16H20N2O3. The zero-order chi connectivity index (χ0) is 15.2. The molecule has 0 bridgehead atoms. The highest BCUT2D eigenvalue weighted by Crippen LogP contribution is 2.49. The Hall–Kier alpha value is -1.88. The maximum Gasteiger partial charge on any atom is 0.269 e. The summed E-state index contributed by atoms with van der Waals surface area (Å²) in [5.41, 5.74) is 1.83. The third kappa shape index (κ3) is 2.21. The van der Waals surface area contributed by atoms with Crippen LogP contribution in [0.5, 0.6) is 0 Å². The molecule has 0 saturated carbocycles. The lowest BCUT2D eigenvalue weighted by molar-refractivity contribution is -0.384. The fourth-order valence-corrected chi connectivity index (χ4v) is 3.57. The van der Waals surface area contributed by atoms with Gasteiger partial charge in [-0.25, -0.2) is 0 Å². The number of rotatable bonds is 3. The van der Waals surface area contributed by atoms with E-state index in [1.807, 2.05) is 0 Å². The first-order valence-electron chi connectivity index (χ1n) is 7.26. The van der Waals surface area contributed by atoms with Gasteiger partial charge in [0, 0.05) is 35.2 Å². The van der Waals surface area contributed by atoms with Gasteiger partial charge >= 0.3 is 0 Å². The predicted octanol–water partition coefficient (Wildman–Crippen LogP) is 3.07. The summed E-state index contributed by atoms with van der Waals surface area (Å²) in [4.78, 5) is 10.6. The zero-order valence-corrected chi connectivity index (χ0v) is 12.2. The van der Waals surface area contributed by atoms with Gasteiger partial charge in [-0.3, -0.25) is 10.1 Å². The number of hydrogen-bond acceptors (Lipinski definition) is 4. The summed E-state index contributed by atoms with van der Waals surface area (Å²) >= 11 is 0. The number of nitro benzene ring substituents is 1. The van der Waals surface area contributed by atoms with Crippen molar-refractivity contribution in [1.29, 1.82) is 0 Å². The standard InChI is InChI=1S/C16H20N2O3/c1-16(2,9-19)15-12-5-3-4-11(12)13-8-10(18(20)21)6-7-14(13)17-15/h3-4,6-8,11-12,15,17,19H,5,9H2,1-2H3/t11-,12+,15-/m0/s1. The Bertz CT molecular complexity index is 610. The highest BCUT2D eigenvalue weighted by Gasteiger charge is 2.44. The number of aliphatic hydroxyl groups excluding tert-OH is 1. The highest BCUT2D eigenvalue weighted by atomic mass is 16.6. The Labute approximate surface area is 123 Å². The molecule has 3 rings (SSSR count). The Morgan fingerprint density at radius 2 is 2.24 bits per heavy atom. The van der Waals surface area contributed by atoms with Gasteiger partial charge in [0.25, 0.3) is 5.69 Å². The van der Waals surface area contributed by atoms with E-state index in [-0.39, 0.29) is 34.6 Å². The first kappa shape index (κ1) is 14.1. The molecule has 1 aliphatic carbocycles.